The molecule has 0 radical (unpaired) electrons. The summed E-state index contributed by atoms with van der Waals surface area (Å²) in [4.78, 5) is 18.1. The maximum absolute atomic E-state index is 12.3. The number of hydrogen-bond donors (Lipinski definition) is 2. The van der Waals surface area contributed by atoms with Crippen molar-refractivity contribution in [3.63, 3.8) is 0 Å². The summed E-state index contributed by atoms with van der Waals surface area (Å²) >= 11 is 0. The van der Waals surface area contributed by atoms with Crippen LogP contribution < -0.4 is 5.73 Å². The summed E-state index contributed by atoms with van der Waals surface area (Å²) in [6, 6.07) is 1.65. The fourth-order valence-corrected chi connectivity index (χ4v) is 2.17. The molecule has 2 heterocycles. The van der Waals surface area contributed by atoms with Crippen molar-refractivity contribution in [2.45, 2.75) is 26.4 Å². The lowest BCUT2D eigenvalue weighted by atomic mass is 9.95. The second kappa shape index (κ2) is 4.94. The Morgan fingerprint density at radius 2 is 2.33 bits per heavy atom. The van der Waals surface area contributed by atoms with Crippen molar-refractivity contribution in [2.75, 3.05) is 18.8 Å². The Morgan fingerprint density at radius 1 is 1.61 bits per heavy atom. The number of aliphatic hydroxyl groups excluding tert-OH is 1. The highest BCUT2D eigenvalue weighted by Crippen LogP contribution is 2.20. The Morgan fingerprint density at radius 3 is 3.00 bits per heavy atom. The van der Waals surface area contributed by atoms with Crippen molar-refractivity contribution in [3.8, 4) is 0 Å². The first-order valence-electron chi connectivity index (χ1n) is 6.18. The van der Waals surface area contributed by atoms with Gasteiger partial charge < -0.3 is 15.7 Å². The Balaban J connectivity index is 2.19. The zero-order valence-corrected chi connectivity index (χ0v) is 10.8. The highest BCUT2D eigenvalue weighted by Gasteiger charge is 2.28. The lowest BCUT2D eigenvalue weighted by Crippen LogP contribution is -2.46. The summed E-state index contributed by atoms with van der Waals surface area (Å²) in [5.41, 5.74) is 7.34. The molecule has 0 spiro atoms. The summed E-state index contributed by atoms with van der Waals surface area (Å²) in [6.45, 7) is 4.84. The van der Waals surface area contributed by atoms with Gasteiger partial charge in [0, 0.05) is 13.1 Å². The minimum Gasteiger partial charge on any atom is -0.397 e. The number of nitrogens with two attached hydrogens (primary N) is 1. The number of pyridine rings is 1. The summed E-state index contributed by atoms with van der Waals surface area (Å²) in [7, 11) is 0. The number of aryl methyl sites for hydroxylation is 1. The highest BCUT2D eigenvalue weighted by atomic mass is 16.3. The van der Waals surface area contributed by atoms with Crippen LogP contribution in [0, 0.1) is 12.8 Å². The largest absolute Gasteiger partial charge is 0.397 e. The number of likely N-dealkylation sites (tertiary alicyclic amines) is 1. The molecule has 1 aliphatic rings. The molecule has 3 N–H and O–H groups in total. The number of amides is 1. The van der Waals surface area contributed by atoms with Gasteiger partial charge in [0.2, 0.25) is 0 Å². The maximum atomic E-state index is 12.3. The Kier molecular flexibility index (Phi) is 3.52. The zero-order valence-electron chi connectivity index (χ0n) is 10.8. The van der Waals surface area contributed by atoms with E-state index in [1.54, 1.807) is 24.1 Å². The molecule has 1 aromatic rings. The van der Waals surface area contributed by atoms with Gasteiger partial charge in [0.05, 0.1) is 29.2 Å². The number of anilines is 1. The number of β-amino-alcohol motifs (C(OH)–C–C–N with tert-alkyl or cyclic N) is 1. The molecule has 0 bridgehead atoms. The van der Waals surface area contributed by atoms with Crippen molar-refractivity contribution in [1.82, 2.24) is 9.88 Å². The van der Waals surface area contributed by atoms with E-state index < -0.39 is 6.10 Å². The molecule has 5 nitrogen and oxygen atoms in total. The van der Waals surface area contributed by atoms with E-state index in [-0.39, 0.29) is 11.8 Å². The van der Waals surface area contributed by atoms with E-state index in [4.69, 9.17) is 5.73 Å². The normalized spacial score (nSPS) is 24.1. The molecule has 1 saturated heterocycles. The van der Waals surface area contributed by atoms with E-state index in [1.807, 2.05) is 6.92 Å². The standard InChI is InChI=1S/C13H19N3O2/c1-8-3-4-16(7-12(8)17)13(18)11-5-10(14)6-15-9(11)2/h5-6,8,12,17H,3-4,7,14H2,1-2H3. The monoisotopic (exact) mass is 249 g/mol. The lowest BCUT2D eigenvalue weighted by Gasteiger charge is -2.34. The maximum Gasteiger partial charge on any atom is 0.255 e. The van der Waals surface area contributed by atoms with Crippen LogP contribution in [0.5, 0.6) is 0 Å². The quantitative estimate of drug-likeness (QED) is 0.772. The van der Waals surface area contributed by atoms with E-state index >= 15 is 0 Å². The average Bonchev–Trinajstić information content (AvgIpc) is 2.35. The minimum absolute atomic E-state index is 0.0988. The van der Waals surface area contributed by atoms with Crippen LogP contribution in [0.4, 0.5) is 5.69 Å². The Hall–Kier alpha value is -1.62. The third-order valence-electron chi connectivity index (χ3n) is 3.54. The van der Waals surface area contributed by atoms with Crippen LogP contribution in [-0.2, 0) is 0 Å². The minimum atomic E-state index is -0.447. The Bertz CT molecular complexity index is 462. The van der Waals surface area contributed by atoms with E-state index in [0.29, 0.717) is 30.0 Å². The first kappa shape index (κ1) is 12.8. The lowest BCUT2D eigenvalue weighted by molar-refractivity contribution is 0.0248. The number of piperidine rings is 1. The van der Waals surface area contributed by atoms with Gasteiger partial charge in [0.1, 0.15) is 0 Å². The Labute approximate surface area is 107 Å². The summed E-state index contributed by atoms with van der Waals surface area (Å²) < 4.78 is 0. The summed E-state index contributed by atoms with van der Waals surface area (Å²) in [5.74, 6) is 0.146. The fourth-order valence-electron chi connectivity index (χ4n) is 2.17. The van der Waals surface area contributed by atoms with Gasteiger partial charge in [-0.25, -0.2) is 0 Å². The van der Waals surface area contributed by atoms with Gasteiger partial charge in [-0.2, -0.15) is 0 Å². The van der Waals surface area contributed by atoms with Crippen LogP contribution in [0.2, 0.25) is 0 Å². The molecule has 0 aliphatic carbocycles. The second-order valence-corrected chi connectivity index (χ2v) is 4.99. The van der Waals surface area contributed by atoms with Crippen molar-refractivity contribution in [1.29, 1.82) is 0 Å². The smallest absolute Gasteiger partial charge is 0.255 e. The number of aliphatic hydroxyl groups is 1. The van der Waals surface area contributed by atoms with Gasteiger partial charge in [-0.15, -0.1) is 0 Å². The first-order valence-corrected chi connectivity index (χ1v) is 6.18. The summed E-state index contributed by atoms with van der Waals surface area (Å²) in [6.07, 6.45) is 1.91. The second-order valence-electron chi connectivity index (χ2n) is 4.99. The number of nitrogen functional groups attached to an aromatic ring is 1. The number of rotatable bonds is 1. The van der Waals surface area contributed by atoms with Crippen LogP contribution in [0.3, 0.4) is 0 Å². The molecule has 1 aliphatic heterocycles. The number of carbonyl (C=O) groups is 1. The molecule has 5 heteroatoms. The molecule has 1 amide bonds. The molecule has 1 fully saturated rings. The molecule has 0 saturated carbocycles. The van der Waals surface area contributed by atoms with Gasteiger partial charge in [-0.05, 0) is 25.3 Å². The van der Waals surface area contributed by atoms with Crippen molar-refractivity contribution in [2.24, 2.45) is 5.92 Å². The molecule has 2 unspecified atom stereocenters. The molecule has 2 atom stereocenters. The summed E-state index contributed by atoms with van der Waals surface area (Å²) in [5, 5.41) is 9.83. The third-order valence-corrected chi connectivity index (χ3v) is 3.54. The molecule has 1 aromatic heterocycles. The van der Waals surface area contributed by atoms with Gasteiger partial charge >= 0.3 is 0 Å². The van der Waals surface area contributed by atoms with E-state index in [0.717, 1.165) is 6.42 Å². The molecule has 2 rings (SSSR count). The number of carbonyl (C=O) groups excluding carboxylic acids is 1. The number of hydrogen-bond acceptors (Lipinski definition) is 4. The van der Waals surface area contributed by atoms with Crippen molar-refractivity contribution < 1.29 is 9.90 Å². The van der Waals surface area contributed by atoms with Crippen LogP contribution in [0.15, 0.2) is 12.3 Å². The van der Waals surface area contributed by atoms with Gasteiger partial charge in [0.25, 0.3) is 5.91 Å². The zero-order chi connectivity index (χ0) is 13.3. The van der Waals surface area contributed by atoms with Crippen LogP contribution in [0.1, 0.15) is 29.4 Å². The van der Waals surface area contributed by atoms with Crippen LogP contribution in [0.25, 0.3) is 0 Å². The van der Waals surface area contributed by atoms with E-state index in [9.17, 15) is 9.90 Å². The highest BCUT2D eigenvalue weighted by molar-refractivity contribution is 5.96. The van der Waals surface area contributed by atoms with E-state index in [1.165, 1.54) is 0 Å². The average molecular weight is 249 g/mol. The first-order chi connectivity index (χ1) is 8.49. The topological polar surface area (TPSA) is 79.5 Å². The van der Waals surface area contributed by atoms with Gasteiger partial charge in [0.15, 0.2) is 0 Å². The van der Waals surface area contributed by atoms with Crippen LogP contribution >= 0.6 is 0 Å². The number of nitrogens with zero attached hydrogens (tertiary/aromatic N) is 2. The number of aromatic nitrogens is 1. The molecular formula is C13H19N3O2. The fraction of sp³-hybridized carbons (Fsp3) is 0.538. The van der Waals surface area contributed by atoms with E-state index in [2.05, 4.69) is 4.98 Å². The van der Waals surface area contributed by atoms with Crippen molar-refractivity contribution in [3.05, 3.63) is 23.5 Å². The molecule has 0 aromatic carbocycles. The molecule has 18 heavy (non-hydrogen) atoms. The van der Waals surface area contributed by atoms with Crippen molar-refractivity contribution >= 4 is 11.6 Å². The van der Waals surface area contributed by atoms with Crippen LogP contribution in [-0.4, -0.2) is 40.1 Å². The predicted molar refractivity (Wildman–Crippen MR) is 69.1 cm³/mol. The third kappa shape index (κ3) is 2.46. The SMILES string of the molecule is Cc1ncc(N)cc1C(=O)N1CCC(C)C(O)C1. The predicted octanol–water partition coefficient (Wildman–Crippen LogP) is 0.815. The van der Waals surface area contributed by atoms with Gasteiger partial charge in [-0.1, -0.05) is 6.92 Å². The molecular weight excluding hydrogens is 230 g/mol. The van der Waals surface area contributed by atoms with Gasteiger partial charge in [-0.3, -0.25) is 9.78 Å². The molecule has 98 valence electrons.